The number of rotatable bonds is 4. The van der Waals surface area contributed by atoms with E-state index in [4.69, 9.17) is 0 Å². The minimum absolute atomic E-state index is 0.177. The van der Waals surface area contributed by atoms with E-state index in [-0.39, 0.29) is 12.1 Å². The Morgan fingerprint density at radius 3 is 2.69 bits per heavy atom. The van der Waals surface area contributed by atoms with Gasteiger partial charge in [-0.15, -0.1) is 0 Å². The second-order valence-electron chi connectivity index (χ2n) is 3.87. The average Bonchev–Trinajstić information content (AvgIpc) is 2.51. The quantitative estimate of drug-likeness (QED) is 0.615. The van der Waals surface area contributed by atoms with Crippen molar-refractivity contribution in [2.75, 3.05) is 13.1 Å². The van der Waals surface area contributed by atoms with Gasteiger partial charge >= 0.3 is 16.3 Å². The summed E-state index contributed by atoms with van der Waals surface area (Å²) >= 11 is 0. The molecule has 0 aromatic heterocycles. The van der Waals surface area contributed by atoms with E-state index in [9.17, 15) is 13.2 Å². The van der Waals surface area contributed by atoms with Gasteiger partial charge in [0.15, 0.2) is 0 Å². The molecule has 0 spiro atoms. The van der Waals surface area contributed by atoms with Gasteiger partial charge in [-0.05, 0) is 26.8 Å². The topological polar surface area (TPSA) is 96.5 Å². The molecule has 1 fully saturated rings. The molecule has 1 aliphatic heterocycles. The first-order chi connectivity index (χ1) is 7.39. The molecule has 7 nitrogen and oxygen atoms in total. The summed E-state index contributed by atoms with van der Waals surface area (Å²) in [7, 11) is -3.82. The van der Waals surface area contributed by atoms with E-state index in [0.29, 0.717) is 13.0 Å². The molecular weight excluding hydrogens is 234 g/mol. The van der Waals surface area contributed by atoms with E-state index in [0.717, 1.165) is 6.54 Å². The minimum atomic E-state index is -3.82. The average molecular weight is 251 g/mol. The van der Waals surface area contributed by atoms with Gasteiger partial charge in [0.25, 0.3) is 0 Å². The molecule has 1 aliphatic rings. The molecule has 0 aliphatic carbocycles. The zero-order valence-corrected chi connectivity index (χ0v) is 10.1. The van der Waals surface area contributed by atoms with Crippen LogP contribution in [0.1, 0.15) is 20.3 Å². The van der Waals surface area contributed by atoms with E-state index < -0.39 is 16.3 Å². The van der Waals surface area contributed by atoms with Gasteiger partial charge in [0.05, 0.1) is 6.10 Å². The number of hydrogen-bond donors (Lipinski definition) is 3. The highest BCUT2D eigenvalue weighted by Crippen LogP contribution is 1.99. The molecule has 0 aromatic rings. The number of amides is 1. The molecule has 0 radical (unpaired) electrons. The lowest BCUT2D eigenvalue weighted by atomic mass is 10.3. The Hall–Kier alpha value is -0.860. The Morgan fingerprint density at radius 1 is 1.50 bits per heavy atom. The monoisotopic (exact) mass is 251 g/mol. The van der Waals surface area contributed by atoms with Crippen molar-refractivity contribution < 1.29 is 17.9 Å². The highest BCUT2D eigenvalue weighted by molar-refractivity contribution is 7.88. The normalized spacial score (nSPS) is 21.1. The lowest BCUT2D eigenvalue weighted by molar-refractivity contribution is 0.121. The van der Waals surface area contributed by atoms with E-state index in [1.807, 2.05) is 0 Å². The van der Waals surface area contributed by atoms with Crippen molar-refractivity contribution in [3.8, 4) is 0 Å². The molecule has 3 N–H and O–H groups in total. The van der Waals surface area contributed by atoms with Crippen LogP contribution in [0.3, 0.4) is 0 Å². The second-order valence-corrected chi connectivity index (χ2v) is 5.31. The summed E-state index contributed by atoms with van der Waals surface area (Å²) in [6.07, 6.45) is -0.614. The van der Waals surface area contributed by atoms with Crippen LogP contribution in [-0.2, 0) is 14.9 Å². The van der Waals surface area contributed by atoms with Crippen LogP contribution in [-0.4, -0.2) is 39.7 Å². The molecular formula is C8H17N3O4S. The first-order valence-electron chi connectivity index (χ1n) is 5.10. The highest BCUT2D eigenvalue weighted by atomic mass is 32.2. The Balaban J connectivity index is 2.41. The molecule has 8 heteroatoms. The van der Waals surface area contributed by atoms with Crippen LogP contribution in [0.4, 0.5) is 4.79 Å². The van der Waals surface area contributed by atoms with E-state index in [2.05, 4.69) is 14.8 Å². The van der Waals surface area contributed by atoms with Gasteiger partial charge in [-0.3, -0.25) is 0 Å². The van der Waals surface area contributed by atoms with Crippen LogP contribution in [0, 0.1) is 0 Å². The summed E-state index contributed by atoms with van der Waals surface area (Å²) in [5, 5.41) is 3.01. The predicted octanol–water partition coefficient (Wildman–Crippen LogP) is -0.683. The van der Waals surface area contributed by atoms with Gasteiger partial charge in [0, 0.05) is 12.6 Å². The molecule has 0 saturated carbocycles. The van der Waals surface area contributed by atoms with Crippen molar-refractivity contribution >= 4 is 16.3 Å². The molecule has 0 aromatic carbocycles. The first-order valence-corrected chi connectivity index (χ1v) is 6.59. The zero-order valence-electron chi connectivity index (χ0n) is 9.32. The molecule has 1 saturated heterocycles. The largest absolute Gasteiger partial charge is 0.446 e. The van der Waals surface area contributed by atoms with Crippen molar-refractivity contribution in [2.45, 2.75) is 32.4 Å². The van der Waals surface area contributed by atoms with Crippen molar-refractivity contribution in [3.05, 3.63) is 0 Å². The lowest BCUT2D eigenvalue weighted by Crippen LogP contribution is -2.46. The minimum Gasteiger partial charge on any atom is -0.446 e. The fraction of sp³-hybridized carbons (Fsp3) is 0.875. The summed E-state index contributed by atoms with van der Waals surface area (Å²) in [4.78, 5) is 11.1. The van der Waals surface area contributed by atoms with Crippen LogP contribution in [0.2, 0.25) is 0 Å². The third-order valence-electron chi connectivity index (χ3n) is 1.94. The SMILES string of the molecule is CC(C)OC(=O)NS(=O)(=O)N[C@H]1CCNC1. The van der Waals surface area contributed by atoms with Gasteiger partial charge < -0.3 is 10.1 Å². The van der Waals surface area contributed by atoms with Crippen LogP contribution < -0.4 is 14.8 Å². The second kappa shape index (κ2) is 5.46. The van der Waals surface area contributed by atoms with Crippen LogP contribution in [0.15, 0.2) is 0 Å². The van der Waals surface area contributed by atoms with Gasteiger partial charge in [-0.2, -0.15) is 13.1 Å². The van der Waals surface area contributed by atoms with Crippen molar-refractivity contribution in [1.29, 1.82) is 0 Å². The van der Waals surface area contributed by atoms with Gasteiger partial charge in [0.1, 0.15) is 0 Å². The smallest absolute Gasteiger partial charge is 0.422 e. The maximum atomic E-state index is 11.4. The van der Waals surface area contributed by atoms with Crippen molar-refractivity contribution in [2.24, 2.45) is 0 Å². The summed E-state index contributed by atoms with van der Waals surface area (Å²) in [6, 6.07) is -0.177. The van der Waals surface area contributed by atoms with Crippen LogP contribution in [0.5, 0.6) is 0 Å². The van der Waals surface area contributed by atoms with E-state index in [1.165, 1.54) is 0 Å². The first kappa shape index (κ1) is 13.2. The Kier molecular flexibility index (Phi) is 4.51. The molecule has 1 heterocycles. The zero-order chi connectivity index (χ0) is 12.2. The third kappa shape index (κ3) is 4.77. The van der Waals surface area contributed by atoms with Gasteiger partial charge in [0.2, 0.25) is 0 Å². The number of carbonyl (C=O) groups is 1. The standard InChI is InChI=1S/C8H17N3O4S/c1-6(2)15-8(12)11-16(13,14)10-7-3-4-9-5-7/h6-7,9-10H,3-5H2,1-2H3,(H,11,12)/t7-/m0/s1. The Labute approximate surface area is 95.1 Å². The van der Waals surface area contributed by atoms with Crippen LogP contribution >= 0.6 is 0 Å². The number of ether oxygens (including phenoxy) is 1. The molecule has 0 bridgehead atoms. The number of carbonyl (C=O) groups excluding carboxylic acids is 1. The summed E-state index contributed by atoms with van der Waals surface area (Å²) in [5.41, 5.74) is 0. The number of hydrogen-bond acceptors (Lipinski definition) is 5. The summed E-state index contributed by atoms with van der Waals surface area (Å²) in [5.74, 6) is 0. The molecule has 1 atom stereocenters. The summed E-state index contributed by atoms with van der Waals surface area (Å²) < 4.78 is 31.7. The Morgan fingerprint density at radius 2 is 2.19 bits per heavy atom. The maximum absolute atomic E-state index is 11.4. The van der Waals surface area contributed by atoms with Crippen LogP contribution in [0.25, 0.3) is 0 Å². The Bertz CT molecular complexity index is 335. The van der Waals surface area contributed by atoms with Gasteiger partial charge in [-0.25, -0.2) is 9.52 Å². The van der Waals surface area contributed by atoms with Gasteiger partial charge in [-0.1, -0.05) is 0 Å². The third-order valence-corrected chi connectivity index (χ3v) is 3.02. The summed E-state index contributed by atoms with van der Waals surface area (Å²) in [6.45, 7) is 4.62. The lowest BCUT2D eigenvalue weighted by Gasteiger charge is -2.13. The maximum Gasteiger partial charge on any atom is 0.422 e. The van der Waals surface area contributed by atoms with E-state index in [1.54, 1.807) is 18.6 Å². The molecule has 1 rings (SSSR count). The molecule has 94 valence electrons. The fourth-order valence-corrected chi connectivity index (χ4v) is 2.32. The fourth-order valence-electron chi connectivity index (χ4n) is 1.35. The number of nitrogens with one attached hydrogen (secondary N) is 3. The van der Waals surface area contributed by atoms with Crippen molar-refractivity contribution in [3.63, 3.8) is 0 Å². The van der Waals surface area contributed by atoms with Crippen molar-refractivity contribution in [1.82, 2.24) is 14.8 Å². The molecule has 0 unspecified atom stereocenters. The molecule has 1 amide bonds. The highest BCUT2D eigenvalue weighted by Gasteiger charge is 2.23. The van der Waals surface area contributed by atoms with E-state index >= 15 is 0 Å². The predicted molar refractivity (Wildman–Crippen MR) is 58.1 cm³/mol. The molecule has 16 heavy (non-hydrogen) atoms.